The van der Waals surface area contributed by atoms with E-state index in [9.17, 15) is 13.2 Å². The zero-order valence-corrected chi connectivity index (χ0v) is 14.7. The summed E-state index contributed by atoms with van der Waals surface area (Å²) in [6.45, 7) is 3.18. The maximum absolute atomic E-state index is 12.7. The number of benzene rings is 1. The molecule has 128 valence electrons. The molecule has 24 heavy (non-hydrogen) atoms. The normalized spacial score (nSPS) is 14.4. The molecule has 8 heteroatoms. The molecule has 0 aliphatic carbocycles. The summed E-state index contributed by atoms with van der Waals surface area (Å²) in [5, 5.41) is 4.42. The molecule has 0 spiro atoms. The van der Waals surface area contributed by atoms with Crippen LogP contribution in [0.4, 0.5) is 5.69 Å². The fourth-order valence-corrected chi connectivity index (χ4v) is 3.59. The average molecular weight is 348 g/mol. The van der Waals surface area contributed by atoms with Gasteiger partial charge in [0, 0.05) is 24.8 Å². The number of fused-ring (bicyclic) bond motifs is 1. The molecule has 0 unspecified atom stereocenters. The van der Waals surface area contributed by atoms with Gasteiger partial charge in [-0.05, 0) is 43.2 Å². The fraction of sp³-hybridized carbons (Fsp3) is 0.375. The van der Waals surface area contributed by atoms with Crippen LogP contribution in [-0.2, 0) is 30.0 Å². The zero-order valence-electron chi connectivity index (χ0n) is 13.9. The van der Waals surface area contributed by atoms with Gasteiger partial charge in [0.1, 0.15) is 0 Å². The van der Waals surface area contributed by atoms with Crippen LogP contribution in [0.2, 0.25) is 0 Å². The number of hydrogen-bond donors (Lipinski definition) is 1. The SMILES string of the molecule is Cc1nn(C)c2c1CCN(C(=O)c1ccc(NS(C)(=O)=O)cc1)C2. The van der Waals surface area contributed by atoms with E-state index < -0.39 is 10.0 Å². The van der Waals surface area contributed by atoms with Gasteiger partial charge in [-0.25, -0.2) is 8.42 Å². The van der Waals surface area contributed by atoms with Crippen LogP contribution in [0.5, 0.6) is 0 Å². The Kier molecular flexibility index (Phi) is 4.08. The molecule has 1 aromatic heterocycles. The molecule has 0 fully saturated rings. The van der Waals surface area contributed by atoms with Gasteiger partial charge in [-0.15, -0.1) is 0 Å². The van der Waals surface area contributed by atoms with Crippen molar-refractivity contribution in [2.45, 2.75) is 19.9 Å². The fourth-order valence-electron chi connectivity index (χ4n) is 3.03. The molecule has 2 heterocycles. The molecule has 1 aliphatic heterocycles. The molecule has 0 bridgehead atoms. The largest absolute Gasteiger partial charge is 0.332 e. The van der Waals surface area contributed by atoms with Crippen molar-refractivity contribution in [3.63, 3.8) is 0 Å². The van der Waals surface area contributed by atoms with E-state index in [1.54, 1.807) is 29.2 Å². The number of rotatable bonds is 3. The number of aromatic nitrogens is 2. The Morgan fingerprint density at radius 3 is 2.54 bits per heavy atom. The van der Waals surface area contributed by atoms with Crippen LogP contribution in [0.25, 0.3) is 0 Å². The summed E-state index contributed by atoms with van der Waals surface area (Å²) < 4.78 is 26.7. The topological polar surface area (TPSA) is 84.3 Å². The number of sulfonamides is 1. The number of amides is 1. The predicted octanol–water partition coefficient (Wildman–Crippen LogP) is 1.30. The highest BCUT2D eigenvalue weighted by molar-refractivity contribution is 7.92. The van der Waals surface area contributed by atoms with Gasteiger partial charge in [0.05, 0.1) is 24.2 Å². The number of aryl methyl sites for hydroxylation is 2. The third-order valence-electron chi connectivity index (χ3n) is 4.17. The summed E-state index contributed by atoms with van der Waals surface area (Å²) in [4.78, 5) is 14.5. The van der Waals surface area contributed by atoms with Gasteiger partial charge in [-0.1, -0.05) is 0 Å². The van der Waals surface area contributed by atoms with Gasteiger partial charge in [-0.3, -0.25) is 14.2 Å². The summed E-state index contributed by atoms with van der Waals surface area (Å²) in [6.07, 6.45) is 1.89. The van der Waals surface area contributed by atoms with Gasteiger partial charge in [0.15, 0.2) is 0 Å². The number of nitrogens with one attached hydrogen (secondary N) is 1. The number of nitrogens with zero attached hydrogens (tertiary/aromatic N) is 3. The summed E-state index contributed by atoms with van der Waals surface area (Å²) in [5.74, 6) is -0.0644. The van der Waals surface area contributed by atoms with Crippen LogP contribution in [0.3, 0.4) is 0 Å². The lowest BCUT2D eigenvalue weighted by Crippen LogP contribution is -2.36. The van der Waals surface area contributed by atoms with Gasteiger partial charge in [0.25, 0.3) is 5.91 Å². The van der Waals surface area contributed by atoms with Crippen molar-refractivity contribution in [2.24, 2.45) is 7.05 Å². The van der Waals surface area contributed by atoms with E-state index in [4.69, 9.17) is 0 Å². The molecule has 1 N–H and O–H groups in total. The van der Waals surface area contributed by atoms with Crippen molar-refractivity contribution in [3.8, 4) is 0 Å². The monoisotopic (exact) mass is 348 g/mol. The van der Waals surface area contributed by atoms with Crippen molar-refractivity contribution in [1.29, 1.82) is 0 Å². The molecule has 2 aromatic rings. The van der Waals surface area contributed by atoms with Crippen molar-refractivity contribution < 1.29 is 13.2 Å². The summed E-state index contributed by atoms with van der Waals surface area (Å²) >= 11 is 0. The first-order valence-electron chi connectivity index (χ1n) is 7.63. The molecule has 7 nitrogen and oxygen atoms in total. The second-order valence-corrected chi connectivity index (χ2v) is 7.81. The summed E-state index contributed by atoms with van der Waals surface area (Å²) in [7, 11) is -1.43. The van der Waals surface area contributed by atoms with E-state index in [0.29, 0.717) is 24.3 Å². The molecule has 0 saturated heterocycles. The van der Waals surface area contributed by atoms with E-state index in [1.165, 1.54) is 5.56 Å². The van der Waals surface area contributed by atoms with Crippen molar-refractivity contribution in [2.75, 3.05) is 17.5 Å². The molecule has 1 amide bonds. The number of anilines is 1. The smallest absolute Gasteiger partial charge is 0.254 e. The second kappa shape index (κ2) is 5.94. The molecular formula is C16H20N4O3S. The van der Waals surface area contributed by atoms with Gasteiger partial charge in [-0.2, -0.15) is 5.10 Å². The molecular weight excluding hydrogens is 328 g/mol. The predicted molar refractivity (Wildman–Crippen MR) is 91.3 cm³/mol. The summed E-state index contributed by atoms with van der Waals surface area (Å²) in [6, 6.07) is 6.47. The average Bonchev–Trinajstić information content (AvgIpc) is 2.80. The highest BCUT2D eigenvalue weighted by atomic mass is 32.2. The van der Waals surface area contributed by atoms with E-state index in [0.717, 1.165) is 24.1 Å². The molecule has 3 rings (SSSR count). The number of carbonyl (C=O) groups excluding carboxylic acids is 1. The van der Waals surface area contributed by atoms with E-state index in [2.05, 4.69) is 9.82 Å². The lowest BCUT2D eigenvalue weighted by Gasteiger charge is -2.27. The zero-order chi connectivity index (χ0) is 17.5. The van der Waals surface area contributed by atoms with E-state index >= 15 is 0 Å². The lowest BCUT2D eigenvalue weighted by molar-refractivity contribution is 0.0730. The standard InChI is InChI=1S/C16H20N4O3S/c1-11-14-8-9-20(10-15(14)19(2)17-11)16(21)12-4-6-13(7-5-12)18-24(3,22)23/h4-7,18H,8-10H2,1-3H3. The molecule has 1 aromatic carbocycles. The van der Waals surface area contributed by atoms with Crippen LogP contribution in [0.15, 0.2) is 24.3 Å². The Bertz CT molecular complexity index is 885. The maximum atomic E-state index is 12.7. The van der Waals surface area contributed by atoms with Crippen LogP contribution >= 0.6 is 0 Å². The molecule has 0 atom stereocenters. The minimum atomic E-state index is -3.32. The van der Waals surface area contributed by atoms with Gasteiger partial charge >= 0.3 is 0 Å². The summed E-state index contributed by atoms with van der Waals surface area (Å²) in [5.41, 5.74) is 4.31. The first kappa shape index (κ1) is 16.5. The Labute approximate surface area is 141 Å². The minimum absolute atomic E-state index is 0.0644. The van der Waals surface area contributed by atoms with Crippen LogP contribution < -0.4 is 4.72 Å². The first-order valence-corrected chi connectivity index (χ1v) is 9.52. The maximum Gasteiger partial charge on any atom is 0.254 e. The highest BCUT2D eigenvalue weighted by Gasteiger charge is 2.25. The Hall–Kier alpha value is -2.35. The van der Waals surface area contributed by atoms with Gasteiger partial charge < -0.3 is 4.90 Å². The van der Waals surface area contributed by atoms with Crippen molar-refractivity contribution in [1.82, 2.24) is 14.7 Å². The Morgan fingerprint density at radius 2 is 1.92 bits per heavy atom. The van der Waals surface area contributed by atoms with E-state index in [-0.39, 0.29) is 5.91 Å². The van der Waals surface area contributed by atoms with Crippen molar-refractivity contribution in [3.05, 3.63) is 46.8 Å². The highest BCUT2D eigenvalue weighted by Crippen LogP contribution is 2.23. The molecule has 1 aliphatic rings. The quantitative estimate of drug-likeness (QED) is 0.906. The first-order chi connectivity index (χ1) is 11.2. The number of carbonyl (C=O) groups is 1. The molecule has 0 radical (unpaired) electrons. The van der Waals surface area contributed by atoms with Crippen LogP contribution in [0.1, 0.15) is 27.3 Å². The van der Waals surface area contributed by atoms with E-state index in [1.807, 2.05) is 18.7 Å². The third-order valence-corrected chi connectivity index (χ3v) is 4.78. The lowest BCUT2D eigenvalue weighted by atomic mass is 10.0. The number of hydrogen-bond acceptors (Lipinski definition) is 4. The van der Waals surface area contributed by atoms with Crippen LogP contribution in [0, 0.1) is 6.92 Å². The Balaban J connectivity index is 1.77. The van der Waals surface area contributed by atoms with Crippen molar-refractivity contribution >= 4 is 21.6 Å². The van der Waals surface area contributed by atoms with Gasteiger partial charge in [0.2, 0.25) is 10.0 Å². The third kappa shape index (κ3) is 3.28. The molecule has 0 saturated carbocycles. The minimum Gasteiger partial charge on any atom is -0.332 e. The Morgan fingerprint density at radius 1 is 1.25 bits per heavy atom. The second-order valence-electron chi connectivity index (χ2n) is 6.06. The van der Waals surface area contributed by atoms with Crippen LogP contribution in [-0.4, -0.2) is 41.8 Å².